The van der Waals surface area contributed by atoms with Gasteiger partial charge in [0, 0.05) is 38.8 Å². The Bertz CT molecular complexity index is 459. The van der Waals surface area contributed by atoms with E-state index in [2.05, 4.69) is 10.6 Å². The van der Waals surface area contributed by atoms with E-state index >= 15 is 0 Å². The Hall–Kier alpha value is -2.04. The lowest BCUT2D eigenvalue weighted by molar-refractivity contribution is -0.120. The molecule has 0 aromatic heterocycles. The molecule has 1 aromatic carbocycles. The molecule has 1 heterocycles. The third-order valence-corrected chi connectivity index (χ3v) is 3.03. The minimum absolute atomic E-state index is 0.00667. The quantitative estimate of drug-likeness (QED) is 0.808. The summed E-state index contributed by atoms with van der Waals surface area (Å²) in [6.45, 7) is 1.55. The smallest absolute Gasteiger partial charge is 0.256 e. The number of hydrogen-bond donors (Lipinski definition) is 2. The fourth-order valence-corrected chi connectivity index (χ4v) is 2.03. The number of para-hydroxylation sites is 1. The molecule has 0 bridgehead atoms. The van der Waals surface area contributed by atoms with Crippen molar-refractivity contribution in [1.29, 1.82) is 0 Å². The van der Waals surface area contributed by atoms with Crippen molar-refractivity contribution in [2.75, 3.05) is 32.0 Å². The van der Waals surface area contributed by atoms with E-state index in [0.717, 1.165) is 5.69 Å². The summed E-state index contributed by atoms with van der Waals surface area (Å²) in [5.74, 6) is -0.0244. The summed E-state index contributed by atoms with van der Waals surface area (Å²) in [5.41, 5.74) is 1.46. The van der Waals surface area contributed by atoms with Gasteiger partial charge >= 0.3 is 0 Å². The molecule has 1 saturated heterocycles. The molecule has 96 valence electrons. The van der Waals surface area contributed by atoms with Crippen LogP contribution in [0.1, 0.15) is 16.8 Å². The van der Waals surface area contributed by atoms with E-state index in [9.17, 15) is 9.59 Å². The first-order chi connectivity index (χ1) is 8.72. The molecule has 0 radical (unpaired) electrons. The molecular weight excluding hydrogens is 230 g/mol. The van der Waals surface area contributed by atoms with E-state index in [1.165, 1.54) is 0 Å². The molecule has 1 fully saturated rings. The SMILES string of the molecule is CNc1ccccc1C(=O)N1CCNC(=O)CC1. The van der Waals surface area contributed by atoms with Gasteiger partial charge in [-0.05, 0) is 12.1 Å². The summed E-state index contributed by atoms with van der Waals surface area (Å²) in [5, 5.41) is 5.77. The number of nitrogens with one attached hydrogen (secondary N) is 2. The second-order valence-electron chi connectivity index (χ2n) is 4.19. The van der Waals surface area contributed by atoms with Gasteiger partial charge in [0.15, 0.2) is 0 Å². The molecule has 0 unspecified atom stereocenters. The molecular formula is C13H17N3O2. The van der Waals surface area contributed by atoms with Crippen LogP contribution in [0, 0.1) is 0 Å². The highest BCUT2D eigenvalue weighted by Crippen LogP contribution is 2.17. The van der Waals surface area contributed by atoms with Crippen molar-refractivity contribution in [1.82, 2.24) is 10.2 Å². The number of carbonyl (C=O) groups is 2. The van der Waals surface area contributed by atoms with Crippen molar-refractivity contribution in [3.63, 3.8) is 0 Å². The van der Waals surface area contributed by atoms with Crippen LogP contribution in [0.25, 0.3) is 0 Å². The van der Waals surface area contributed by atoms with Gasteiger partial charge < -0.3 is 15.5 Å². The normalized spacial score (nSPS) is 15.8. The minimum atomic E-state index is -0.0311. The Morgan fingerprint density at radius 3 is 2.89 bits per heavy atom. The zero-order valence-electron chi connectivity index (χ0n) is 10.4. The van der Waals surface area contributed by atoms with Gasteiger partial charge in [0.05, 0.1) is 5.56 Å². The van der Waals surface area contributed by atoms with Crippen LogP contribution < -0.4 is 10.6 Å². The lowest BCUT2D eigenvalue weighted by atomic mass is 10.1. The fourth-order valence-electron chi connectivity index (χ4n) is 2.03. The van der Waals surface area contributed by atoms with Gasteiger partial charge in [-0.3, -0.25) is 9.59 Å². The zero-order chi connectivity index (χ0) is 13.0. The van der Waals surface area contributed by atoms with E-state index in [-0.39, 0.29) is 11.8 Å². The van der Waals surface area contributed by atoms with Crippen LogP contribution >= 0.6 is 0 Å². The summed E-state index contributed by atoms with van der Waals surface area (Å²) < 4.78 is 0. The lowest BCUT2D eigenvalue weighted by Gasteiger charge is -2.21. The first-order valence-electron chi connectivity index (χ1n) is 6.05. The van der Waals surface area contributed by atoms with Gasteiger partial charge in [-0.25, -0.2) is 0 Å². The second-order valence-corrected chi connectivity index (χ2v) is 4.19. The maximum atomic E-state index is 12.4. The molecule has 5 heteroatoms. The van der Waals surface area contributed by atoms with Crippen LogP contribution in [0.5, 0.6) is 0 Å². The Morgan fingerprint density at radius 2 is 2.11 bits per heavy atom. The predicted octanol–water partition coefficient (Wildman–Crippen LogP) is 0.690. The molecule has 18 heavy (non-hydrogen) atoms. The lowest BCUT2D eigenvalue weighted by Crippen LogP contribution is -2.34. The van der Waals surface area contributed by atoms with E-state index < -0.39 is 0 Å². The standard InChI is InChI=1S/C13H17N3O2/c1-14-11-5-3-2-4-10(11)13(18)16-8-6-12(17)15-7-9-16/h2-5,14H,6-9H2,1H3,(H,15,17). The highest BCUT2D eigenvalue weighted by Gasteiger charge is 2.21. The molecule has 1 aliphatic rings. The van der Waals surface area contributed by atoms with Crippen molar-refractivity contribution >= 4 is 17.5 Å². The van der Waals surface area contributed by atoms with E-state index in [1.54, 1.807) is 18.0 Å². The summed E-state index contributed by atoms with van der Waals surface area (Å²) in [6.07, 6.45) is 0.369. The number of carbonyl (C=O) groups excluding carboxylic acids is 2. The van der Waals surface area contributed by atoms with Gasteiger partial charge in [0.25, 0.3) is 5.91 Å². The summed E-state index contributed by atoms with van der Waals surface area (Å²) in [6, 6.07) is 7.40. The average molecular weight is 247 g/mol. The molecule has 1 aliphatic heterocycles. The van der Waals surface area contributed by atoms with Crippen LogP contribution in [-0.2, 0) is 4.79 Å². The molecule has 5 nitrogen and oxygen atoms in total. The van der Waals surface area contributed by atoms with Crippen LogP contribution in [0.15, 0.2) is 24.3 Å². The average Bonchev–Trinajstić information content (AvgIpc) is 2.62. The number of hydrogen-bond acceptors (Lipinski definition) is 3. The van der Waals surface area contributed by atoms with Crippen molar-refractivity contribution in [3.8, 4) is 0 Å². The van der Waals surface area contributed by atoms with Crippen LogP contribution in [-0.4, -0.2) is 43.4 Å². The Kier molecular flexibility index (Phi) is 3.82. The number of anilines is 1. The summed E-state index contributed by atoms with van der Waals surface area (Å²) in [7, 11) is 1.79. The molecule has 2 rings (SSSR count). The molecule has 0 spiro atoms. The first-order valence-corrected chi connectivity index (χ1v) is 6.05. The van der Waals surface area contributed by atoms with Crippen LogP contribution in [0.2, 0.25) is 0 Å². The topological polar surface area (TPSA) is 61.4 Å². The van der Waals surface area contributed by atoms with Crippen LogP contribution in [0.4, 0.5) is 5.69 Å². The highest BCUT2D eigenvalue weighted by atomic mass is 16.2. The molecule has 0 aliphatic carbocycles. The molecule has 2 N–H and O–H groups in total. The minimum Gasteiger partial charge on any atom is -0.387 e. The van der Waals surface area contributed by atoms with Gasteiger partial charge in [-0.15, -0.1) is 0 Å². The van der Waals surface area contributed by atoms with E-state index in [1.807, 2.05) is 18.2 Å². The maximum Gasteiger partial charge on any atom is 0.256 e. The van der Waals surface area contributed by atoms with Crippen molar-refractivity contribution in [2.45, 2.75) is 6.42 Å². The van der Waals surface area contributed by atoms with Gasteiger partial charge in [-0.1, -0.05) is 12.1 Å². The molecule has 2 amide bonds. The van der Waals surface area contributed by atoms with E-state index in [0.29, 0.717) is 31.6 Å². The van der Waals surface area contributed by atoms with Gasteiger partial charge in [0.2, 0.25) is 5.91 Å². The van der Waals surface area contributed by atoms with Gasteiger partial charge in [-0.2, -0.15) is 0 Å². The third-order valence-electron chi connectivity index (χ3n) is 3.03. The number of benzene rings is 1. The molecule has 0 saturated carbocycles. The number of rotatable bonds is 2. The summed E-state index contributed by atoms with van der Waals surface area (Å²) >= 11 is 0. The van der Waals surface area contributed by atoms with Crippen molar-refractivity contribution < 1.29 is 9.59 Å². The Balaban J connectivity index is 2.17. The predicted molar refractivity (Wildman–Crippen MR) is 69.5 cm³/mol. The van der Waals surface area contributed by atoms with Crippen molar-refractivity contribution in [2.24, 2.45) is 0 Å². The van der Waals surface area contributed by atoms with Crippen molar-refractivity contribution in [3.05, 3.63) is 29.8 Å². The molecule has 0 atom stereocenters. The monoisotopic (exact) mass is 247 g/mol. The number of amides is 2. The Labute approximate surface area is 106 Å². The Morgan fingerprint density at radius 1 is 1.33 bits per heavy atom. The second kappa shape index (κ2) is 5.53. The maximum absolute atomic E-state index is 12.4. The largest absolute Gasteiger partial charge is 0.387 e. The zero-order valence-corrected chi connectivity index (χ0v) is 10.4. The third kappa shape index (κ3) is 2.61. The highest BCUT2D eigenvalue weighted by molar-refractivity contribution is 5.99. The van der Waals surface area contributed by atoms with E-state index in [4.69, 9.17) is 0 Å². The molecule has 1 aromatic rings. The number of nitrogens with zero attached hydrogens (tertiary/aromatic N) is 1. The van der Waals surface area contributed by atoms with Gasteiger partial charge in [0.1, 0.15) is 0 Å². The first kappa shape index (κ1) is 12.4. The summed E-state index contributed by atoms with van der Waals surface area (Å²) in [4.78, 5) is 25.4. The van der Waals surface area contributed by atoms with Crippen LogP contribution in [0.3, 0.4) is 0 Å². The fraction of sp³-hybridized carbons (Fsp3) is 0.385.